The number of hydrogen-bond donors (Lipinski definition) is 2. The molecule has 31 heavy (non-hydrogen) atoms. The van der Waals surface area contributed by atoms with Crippen LogP contribution in [0.5, 0.6) is 0 Å². The molecule has 4 atom stereocenters. The number of aromatic nitrogens is 2. The maximum Gasteiger partial charge on any atom is 0.341 e. The number of carbonyl (C=O) groups is 1. The number of pyridine rings is 2. The lowest BCUT2D eigenvalue weighted by atomic mass is 9.45. The molecule has 3 N–H and O–H groups in total. The first-order valence-corrected chi connectivity index (χ1v) is 11.1. The Bertz CT molecular complexity index is 1130. The van der Waals surface area contributed by atoms with Gasteiger partial charge in [-0.25, -0.2) is 14.2 Å². The van der Waals surface area contributed by atoms with Crippen LogP contribution in [0.2, 0.25) is 0 Å². The van der Waals surface area contributed by atoms with E-state index in [0.717, 1.165) is 31.2 Å². The lowest BCUT2D eigenvalue weighted by Crippen LogP contribution is -2.53. The zero-order chi connectivity index (χ0) is 22.1. The number of aromatic carboxylic acids is 1. The summed E-state index contributed by atoms with van der Waals surface area (Å²) in [6, 6.07) is 1.11. The van der Waals surface area contributed by atoms with Gasteiger partial charge in [-0.2, -0.15) is 0 Å². The van der Waals surface area contributed by atoms with Crippen LogP contribution in [-0.2, 0) is 6.54 Å². The van der Waals surface area contributed by atoms with E-state index in [1.807, 2.05) is 0 Å². The maximum absolute atomic E-state index is 14.9. The van der Waals surface area contributed by atoms with Crippen molar-refractivity contribution in [3.8, 4) is 0 Å². The largest absolute Gasteiger partial charge is 0.477 e. The van der Waals surface area contributed by atoms with Gasteiger partial charge in [-0.3, -0.25) is 4.79 Å². The summed E-state index contributed by atoms with van der Waals surface area (Å²) in [5.74, 6) is -0.0400. The van der Waals surface area contributed by atoms with Gasteiger partial charge in [0, 0.05) is 31.9 Å². The molecule has 2 aromatic heterocycles. The van der Waals surface area contributed by atoms with E-state index < -0.39 is 17.2 Å². The van der Waals surface area contributed by atoms with Gasteiger partial charge in [-0.1, -0.05) is 13.8 Å². The second kappa shape index (κ2) is 7.02. The van der Waals surface area contributed by atoms with Crippen molar-refractivity contribution in [2.24, 2.45) is 28.9 Å². The summed E-state index contributed by atoms with van der Waals surface area (Å²) < 4.78 is 16.7. The molecule has 2 aromatic rings. The van der Waals surface area contributed by atoms with Gasteiger partial charge in [0.05, 0.1) is 5.39 Å². The molecule has 2 bridgehead atoms. The molecule has 166 valence electrons. The van der Waals surface area contributed by atoms with Gasteiger partial charge in [0.15, 0.2) is 11.6 Å². The van der Waals surface area contributed by atoms with Crippen LogP contribution >= 0.6 is 0 Å². The molecular formula is C23H29FN4O3. The van der Waals surface area contributed by atoms with Gasteiger partial charge in [0.25, 0.3) is 0 Å². The number of halogens is 1. The standard InChI is InChI=1S/C23H29FN4O3/c1-23(2)13-4-3-12(17(23)7-13)9-28-11-16(22(30)31)19(29)15-8-18(24)21(26-20(15)28)27-6-5-14(25)10-27/h8,11-14,17H,3-7,9-10,25H2,1-2H3,(H,30,31)/t12-,13-,14?,17+/m1/s1. The quantitative estimate of drug-likeness (QED) is 0.777. The number of nitrogens with zero attached hydrogens (tertiary/aromatic N) is 3. The molecule has 4 aliphatic rings. The highest BCUT2D eigenvalue weighted by atomic mass is 19.1. The van der Waals surface area contributed by atoms with Crippen molar-refractivity contribution in [2.75, 3.05) is 18.0 Å². The number of hydrogen-bond acceptors (Lipinski definition) is 5. The Morgan fingerprint density at radius 2 is 2.13 bits per heavy atom. The monoisotopic (exact) mass is 428 g/mol. The molecule has 6 rings (SSSR count). The van der Waals surface area contributed by atoms with Crippen molar-refractivity contribution < 1.29 is 14.3 Å². The van der Waals surface area contributed by atoms with Gasteiger partial charge in [-0.05, 0) is 54.9 Å². The fourth-order valence-corrected chi connectivity index (χ4v) is 6.20. The van der Waals surface area contributed by atoms with Gasteiger partial charge < -0.3 is 20.3 Å². The van der Waals surface area contributed by atoms with E-state index in [4.69, 9.17) is 5.73 Å². The normalized spacial score (nSPS) is 29.2. The van der Waals surface area contributed by atoms with Gasteiger partial charge in [-0.15, -0.1) is 0 Å². The predicted molar refractivity (Wildman–Crippen MR) is 116 cm³/mol. The maximum atomic E-state index is 14.9. The molecule has 1 saturated heterocycles. The highest BCUT2D eigenvalue weighted by molar-refractivity contribution is 5.92. The van der Waals surface area contributed by atoms with Crippen LogP contribution in [0.25, 0.3) is 11.0 Å². The first-order chi connectivity index (χ1) is 14.7. The molecule has 0 amide bonds. The molecule has 0 spiro atoms. The molecule has 3 aliphatic carbocycles. The molecule has 8 heteroatoms. The predicted octanol–water partition coefficient (Wildman–Crippen LogP) is 2.84. The van der Waals surface area contributed by atoms with Crippen molar-refractivity contribution in [2.45, 2.75) is 52.1 Å². The summed E-state index contributed by atoms with van der Waals surface area (Å²) in [5.41, 5.74) is 5.59. The van der Waals surface area contributed by atoms with Gasteiger partial charge in [0.2, 0.25) is 5.43 Å². The van der Waals surface area contributed by atoms with E-state index in [2.05, 4.69) is 18.8 Å². The highest BCUT2D eigenvalue weighted by Gasteiger charge is 2.54. The van der Waals surface area contributed by atoms with E-state index in [-0.39, 0.29) is 28.2 Å². The third-order valence-electron chi connectivity index (χ3n) is 8.17. The third kappa shape index (κ3) is 3.14. The fraction of sp³-hybridized carbons (Fsp3) is 0.609. The Morgan fingerprint density at radius 3 is 2.74 bits per heavy atom. The number of anilines is 1. The molecule has 7 nitrogen and oxygen atoms in total. The molecular weight excluding hydrogens is 399 g/mol. The fourth-order valence-electron chi connectivity index (χ4n) is 6.20. The summed E-state index contributed by atoms with van der Waals surface area (Å²) >= 11 is 0. The lowest BCUT2D eigenvalue weighted by Gasteiger charge is -2.60. The van der Waals surface area contributed by atoms with Crippen LogP contribution in [0.15, 0.2) is 17.1 Å². The first-order valence-electron chi connectivity index (χ1n) is 11.1. The molecule has 3 saturated carbocycles. The average Bonchev–Trinajstić information content (AvgIpc) is 3.15. The van der Waals surface area contributed by atoms with Crippen molar-refractivity contribution in [1.29, 1.82) is 0 Å². The Balaban J connectivity index is 1.62. The molecule has 0 aromatic carbocycles. The number of nitrogens with two attached hydrogens (primary N) is 1. The zero-order valence-corrected chi connectivity index (χ0v) is 18.0. The highest BCUT2D eigenvalue weighted by Crippen LogP contribution is 2.61. The van der Waals surface area contributed by atoms with Gasteiger partial charge >= 0.3 is 5.97 Å². The van der Waals surface area contributed by atoms with E-state index in [1.54, 1.807) is 9.47 Å². The summed E-state index contributed by atoms with van der Waals surface area (Å²) in [6.07, 6.45) is 5.58. The van der Waals surface area contributed by atoms with Crippen LogP contribution in [0.3, 0.4) is 0 Å². The molecule has 4 fully saturated rings. The van der Waals surface area contributed by atoms with Crippen molar-refractivity contribution in [1.82, 2.24) is 9.55 Å². The number of fused-ring (bicyclic) bond motifs is 3. The Kier molecular flexibility index (Phi) is 4.62. The Hall–Kier alpha value is -2.48. The smallest absolute Gasteiger partial charge is 0.341 e. The van der Waals surface area contributed by atoms with Crippen molar-refractivity contribution in [3.63, 3.8) is 0 Å². The summed E-state index contributed by atoms with van der Waals surface area (Å²) in [6.45, 7) is 6.32. The van der Waals surface area contributed by atoms with Crippen molar-refractivity contribution in [3.05, 3.63) is 33.9 Å². The van der Waals surface area contributed by atoms with Gasteiger partial charge in [0.1, 0.15) is 11.2 Å². The molecule has 3 heterocycles. The number of rotatable bonds is 4. The van der Waals surface area contributed by atoms with E-state index in [1.165, 1.54) is 12.6 Å². The van der Waals surface area contributed by atoms with Crippen molar-refractivity contribution >= 4 is 22.8 Å². The van der Waals surface area contributed by atoms with Crippen LogP contribution < -0.4 is 16.1 Å². The minimum absolute atomic E-state index is 0.0196. The minimum atomic E-state index is -1.30. The van der Waals surface area contributed by atoms with Crippen LogP contribution in [-0.4, -0.2) is 39.8 Å². The van der Waals surface area contributed by atoms with E-state index >= 15 is 0 Å². The van der Waals surface area contributed by atoms with E-state index in [0.29, 0.717) is 37.1 Å². The summed E-state index contributed by atoms with van der Waals surface area (Å²) in [7, 11) is 0. The first kappa shape index (κ1) is 20.4. The third-order valence-corrected chi connectivity index (χ3v) is 8.17. The molecule has 1 unspecified atom stereocenters. The summed E-state index contributed by atoms with van der Waals surface area (Å²) in [5, 5.41) is 9.59. The summed E-state index contributed by atoms with van der Waals surface area (Å²) in [4.78, 5) is 30.9. The van der Waals surface area contributed by atoms with E-state index in [9.17, 15) is 19.1 Å². The topological polar surface area (TPSA) is 101 Å². The number of carboxylic acid groups (broad SMARTS) is 1. The second-order valence-electron chi connectivity index (χ2n) is 10.2. The molecule has 0 radical (unpaired) electrons. The Morgan fingerprint density at radius 1 is 1.35 bits per heavy atom. The molecule has 1 aliphatic heterocycles. The Labute approximate surface area is 180 Å². The second-order valence-corrected chi connectivity index (χ2v) is 10.2. The van der Waals surface area contributed by atoms with Crippen LogP contribution in [0.1, 0.15) is 49.9 Å². The average molecular weight is 429 g/mol. The SMILES string of the molecule is CC1(C)[C@@H]2CC[C@H](Cn3cc(C(=O)O)c(=O)c4cc(F)c(N5CCC(N)C5)nc43)[C@@H]1C2. The van der Waals surface area contributed by atoms with Crippen LogP contribution in [0.4, 0.5) is 10.2 Å². The lowest BCUT2D eigenvalue weighted by molar-refractivity contribution is -0.108. The minimum Gasteiger partial charge on any atom is -0.477 e. The zero-order valence-electron chi connectivity index (χ0n) is 18.0. The number of carboxylic acids is 1. The van der Waals surface area contributed by atoms with Crippen LogP contribution in [0, 0.1) is 29.0 Å².